The van der Waals surface area contributed by atoms with Crippen molar-refractivity contribution in [3.05, 3.63) is 23.7 Å². The van der Waals surface area contributed by atoms with Crippen molar-refractivity contribution >= 4 is 0 Å². The molecule has 3 nitrogen and oxygen atoms in total. The van der Waals surface area contributed by atoms with Gasteiger partial charge >= 0.3 is 0 Å². The molecule has 1 aliphatic rings. The Morgan fingerprint density at radius 1 is 1.47 bits per heavy atom. The lowest BCUT2D eigenvalue weighted by Gasteiger charge is -2.35. The minimum atomic E-state index is 0.765. The smallest absolute Gasteiger partial charge is 0.122 e. The molecule has 1 unspecified atom stereocenters. The number of nitrogens with one attached hydrogen (secondary N) is 1. The summed E-state index contributed by atoms with van der Waals surface area (Å²) in [5.41, 5.74) is 1.35. The molecular weight excluding hydrogens is 212 g/mol. The number of rotatable bonds is 5. The number of furan rings is 1. The Morgan fingerprint density at radius 3 is 3.12 bits per heavy atom. The summed E-state index contributed by atoms with van der Waals surface area (Å²) in [6.07, 6.45) is 7.17. The van der Waals surface area contributed by atoms with E-state index in [0.717, 1.165) is 24.9 Å². The van der Waals surface area contributed by atoms with E-state index in [1.807, 2.05) is 13.3 Å². The first-order valence-electron chi connectivity index (χ1n) is 6.79. The maximum absolute atomic E-state index is 5.53. The fraction of sp³-hybridized carbons (Fsp3) is 0.714. The molecule has 0 saturated carbocycles. The molecule has 1 N–H and O–H groups in total. The van der Waals surface area contributed by atoms with Gasteiger partial charge in [-0.25, -0.2) is 0 Å². The third-order valence-electron chi connectivity index (χ3n) is 3.77. The molecule has 0 amide bonds. The molecule has 17 heavy (non-hydrogen) atoms. The summed E-state index contributed by atoms with van der Waals surface area (Å²) in [6.45, 7) is 5.41. The number of nitrogens with zero attached hydrogens (tertiary/aromatic N) is 1. The van der Waals surface area contributed by atoms with Gasteiger partial charge in [-0.1, -0.05) is 13.3 Å². The Bertz CT molecular complexity index is 335. The lowest BCUT2D eigenvalue weighted by molar-refractivity contribution is 0.135. The summed E-state index contributed by atoms with van der Waals surface area (Å²) in [6, 6.07) is 2.88. The van der Waals surface area contributed by atoms with E-state index >= 15 is 0 Å². The average Bonchev–Trinajstić information content (AvgIpc) is 2.78. The number of piperidine rings is 1. The van der Waals surface area contributed by atoms with Gasteiger partial charge in [0.2, 0.25) is 0 Å². The van der Waals surface area contributed by atoms with E-state index < -0.39 is 0 Å². The van der Waals surface area contributed by atoms with Gasteiger partial charge in [-0.2, -0.15) is 0 Å². The van der Waals surface area contributed by atoms with Gasteiger partial charge in [0, 0.05) is 18.2 Å². The molecule has 0 spiro atoms. The largest absolute Gasteiger partial charge is 0.468 e. The zero-order valence-corrected chi connectivity index (χ0v) is 11.0. The van der Waals surface area contributed by atoms with Crippen LogP contribution in [0.15, 0.2) is 16.7 Å². The quantitative estimate of drug-likeness (QED) is 0.852. The summed E-state index contributed by atoms with van der Waals surface area (Å²) in [5, 5.41) is 3.16. The molecule has 3 heteroatoms. The van der Waals surface area contributed by atoms with Crippen LogP contribution in [0.3, 0.4) is 0 Å². The Hall–Kier alpha value is -0.800. The lowest BCUT2D eigenvalue weighted by atomic mass is 9.99. The summed E-state index contributed by atoms with van der Waals surface area (Å²) < 4.78 is 5.53. The highest BCUT2D eigenvalue weighted by Crippen LogP contribution is 2.23. The Balaban J connectivity index is 2.00. The molecule has 2 heterocycles. The molecule has 1 atom stereocenters. The van der Waals surface area contributed by atoms with Crippen LogP contribution in [0.5, 0.6) is 0 Å². The van der Waals surface area contributed by atoms with E-state index in [1.54, 1.807) is 0 Å². The van der Waals surface area contributed by atoms with Crippen LogP contribution < -0.4 is 5.32 Å². The average molecular weight is 236 g/mol. The zero-order chi connectivity index (χ0) is 12.1. The van der Waals surface area contributed by atoms with Crippen molar-refractivity contribution < 1.29 is 4.42 Å². The summed E-state index contributed by atoms with van der Waals surface area (Å²) in [5.74, 6) is 1.09. The number of hydrogen-bond acceptors (Lipinski definition) is 3. The lowest BCUT2D eigenvalue weighted by Crippen LogP contribution is -2.38. The van der Waals surface area contributed by atoms with Crippen LogP contribution in [0, 0.1) is 0 Å². The Labute approximate surface area is 104 Å². The van der Waals surface area contributed by atoms with Crippen molar-refractivity contribution in [1.29, 1.82) is 0 Å². The molecule has 1 aromatic rings. The van der Waals surface area contributed by atoms with Gasteiger partial charge in [-0.3, -0.25) is 4.90 Å². The van der Waals surface area contributed by atoms with E-state index in [2.05, 4.69) is 23.2 Å². The van der Waals surface area contributed by atoms with E-state index in [4.69, 9.17) is 4.42 Å². The first-order valence-corrected chi connectivity index (χ1v) is 6.79. The predicted molar refractivity (Wildman–Crippen MR) is 69.8 cm³/mol. The van der Waals surface area contributed by atoms with E-state index in [1.165, 1.54) is 37.8 Å². The van der Waals surface area contributed by atoms with Crippen LogP contribution in [0.25, 0.3) is 0 Å². The fourth-order valence-electron chi connectivity index (χ4n) is 2.77. The normalized spacial score (nSPS) is 21.9. The molecular formula is C14H24N2O. The number of likely N-dealkylation sites (tertiary alicyclic amines) is 1. The second-order valence-corrected chi connectivity index (χ2v) is 4.93. The third-order valence-corrected chi connectivity index (χ3v) is 3.77. The van der Waals surface area contributed by atoms with Gasteiger partial charge < -0.3 is 9.73 Å². The van der Waals surface area contributed by atoms with Gasteiger partial charge in [0.05, 0.1) is 12.8 Å². The molecule has 0 aromatic carbocycles. The first-order chi connectivity index (χ1) is 8.35. The molecule has 1 aliphatic heterocycles. The molecule has 1 aromatic heterocycles. The van der Waals surface area contributed by atoms with Crippen molar-refractivity contribution in [2.24, 2.45) is 0 Å². The molecule has 0 bridgehead atoms. The standard InChI is InChI=1S/C14H24N2O/c1-3-13-6-4-5-8-16(13)11-12-7-9-17-14(12)10-15-2/h7,9,13,15H,3-6,8,10-11H2,1-2H3. The fourth-order valence-corrected chi connectivity index (χ4v) is 2.77. The van der Waals surface area contributed by atoms with Gasteiger partial charge in [-0.15, -0.1) is 0 Å². The van der Waals surface area contributed by atoms with Crippen molar-refractivity contribution in [3.63, 3.8) is 0 Å². The summed E-state index contributed by atoms with van der Waals surface area (Å²) in [7, 11) is 1.96. The van der Waals surface area contributed by atoms with Crippen molar-refractivity contribution in [2.75, 3.05) is 13.6 Å². The predicted octanol–water partition coefficient (Wildman–Crippen LogP) is 2.76. The van der Waals surface area contributed by atoms with Crippen molar-refractivity contribution in [2.45, 2.75) is 51.7 Å². The van der Waals surface area contributed by atoms with Crippen LogP contribution >= 0.6 is 0 Å². The molecule has 0 aliphatic carbocycles. The maximum atomic E-state index is 5.53. The van der Waals surface area contributed by atoms with E-state index in [-0.39, 0.29) is 0 Å². The third kappa shape index (κ3) is 3.11. The second-order valence-electron chi connectivity index (χ2n) is 4.93. The molecule has 1 saturated heterocycles. The van der Waals surface area contributed by atoms with Crippen LogP contribution in [0.1, 0.15) is 43.9 Å². The number of hydrogen-bond donors (Lipinski definition) is 1. The Kier molecular flexibility index (Phi) is 4.63. The molecule has 0 radical (unpaired) electrons. The summed E-state index contributed by atoms with van der Waals surface area (Å²) >= 11 is 0. The van der Waals surface area contributed by atoms with E-state index in [0.29, 0.717) is 0 Å². The second kappa shape index (κ2) is 6.22. The van der Waals surface area contributed by atoms with Gasteiger partial charge in [0.15, 0.2) is 0 Å². The minimum Gasteiger partial charge on any atom is -0.468 e. The highest BCUT2D eigenvalue weighted by atomic mass is 16.3. The molecule has 2 rings (SSSR count). The summed E-state index contributed by atoms with van der Waals surface area (Å²) in [4.78, 5) is 2.62. The highest BCUT2D eigenvalue weighted by molar-refractivity contribution is 5.17. The van der Waals surface area contributed by atoms with Crippen molar-refractivity contribution in [3.8, 4) is 0 Å². The van der Waals surface area contributed by atoms with Crippen LogP contribution in [0.2, 0.25) is 0 Å². The zero-order valence-electron chi connectivity index (χ0n) is 11.0. The Morgan fingerprint density at radius 2 is 2.35 bits per heavy atom. The monoisotopic (exact) mass is 236 g/mol. The molecule has 1 fully saturated rings. The topological polar surface area (TPSA) is 28.4 Å². The SMILES string of the molecule is CCC1CCCCN1Cc1ccoc1CNC. The van der Waals surface area contributed by atoms with Gasteiger partial charge in [0.1, 0.15) is 5.76 Å². The van der Waals surface area contributed by atoms with Gasteiger partial charge in [-0.05, 0) is 38.9 Å². The molecule has 96 valence electrons. The highest BCUT2D eigenvalue weighted by Gasteiger charge is 2.22. The van der Waals surface area contributed by atoms with Crippen LogP contribution in [0.4, 0.5) is 0 Å². The minimum absolute atomic E-state index is 0.765. The van der Waals surface area contributed by atoms with E-state index in [9.17, 15) is 0 Å². The maximum Gasteiger partial charge on any atom is 0.122 e. The van der Waals surface area contributed by atoms with Crippen LogP contribution in [-0.2, 0) is 13.1 Å². The first kappa shape index (κ1) is 12.7. The van der Waals surface area contributed by atoms with Crippen LogP contribution in [-0.4, -0.2) is 24.5 Å². The van der Waals surface area contributed by atoms with Gasteiger partial charge in [0.25, 0.3) is 0 Å². The van der Waals surface area contributed by atoms with Crippen molar-refractivity contribution in [1.82, 2.24) is 10.2 Å².